The highest BCUT2D eigenvalue weighted by Crippen LogP contribution is 2.33. The fraction of sp³-hybridized carbons (Fsp3) is 0.625. The molecule has 0 amide bonds. The van der Waals surface area contributed by atoms with Gasteiger partial charge in [-0.1, -0.05) is 26.0 Å². The molecule has 1 aliphatic rings. The SMILES string of the molecule is COc1ccc(CN(C)CC2(N)CC2)cc1C(C)C. The molecule has 0 saturated heterocycles. The molecule has 0 bridgehead atoms. The Kier molecular flexibility index (Phi) is 4.16. The number of benzene rings is 1. The summed E-state index contributed by atoms with van der Waals surface area (Å²) < 4.78 is 5.42. The lowest BCUT2D eigenvalue weighted by Gasteiger charge is -2.22. The van der Waals surface area contributed by atoms with Crippen LogP contribution in [0.15, 0.2) is 18.2 Å². The highest BCUT2D eigenvalue weighted by Gasteiger charge is 2.38. The zero-order valence-corrected chi connectivity index (χ0v) is 12.6. The van der Waals surface area contributed by atoms with Crippen molar-refractivity contribution in [2.75, 3.05) is 20.7 Å². The minimum atomic E-state index is 0.0854. The van der Waals surface area contributed by atoms with E-state index in [1.165, 1.54) is 11.1 Å². The van der Waals surface area contributed by atoms with Crippen LogP contribution in [-0.2, 0) is 6.54 Å². The second-order valence-electron chi connectivity index (χ2n) is 6.27. The highest BCUT2D eigenvalue weighted by molar-refractivity contribution is 5.39. The van der Waals surface area contributed by atoms with E-state index in [1.54, 1.807) is 7.11 Å². The molecule has 106 valence electrons. The first kappa shape index (κ1) is 14.4. The number of ether oxygens (including phenoxy) is 1. The number of nitrogens with two attached hydrogens (primary N) is 1. The Bertz CT molecular complexity index is 438. The lowest BCUT2D eigenvalue weighted by atomic mass is 9.99. The van der Waals surface area contributed by atoms with Crippen molar-refractivity contribution in [2.45, 2.75) is 44.7 Å². The van der Waals surface area contributed by atoms with Gasteiger partial charge < -0.3 is 15.4 Å². The van der Waals surface area contributed by atoms with Gasteiger partial charge in [-0.15, -0.1) is 0 Å². The number of likely N-dealkylation sites (N-methyl/N-ethyl adjacent to an activating group) is 1. The minimum absolute atomic E-state index is 0.0854. The van der Waals surface area contributed by atoms with E-state index in [2.05, 4.69) is 44.0 Å². The summed E-state index contributed by atoms with van der Waals surface area (Å²) >= 11 is 0. The second-order valence-corrected chi connectivity index (χ2v) is 6.27. The molecule has 0 radical (unpaired) electrons. The van der Waals surface area contributed by atoms with Crippen LogP contribution in [0.4, 0.5) is 0 Å². The topological polar surface area (TPSA) is 38.5 Å². The summed E-state index contributed by atoms with van der Waals surface area (Å²) in [6.07, 6.45) is 2.33. The van der Waals surface area contributed by atoms with Gasteiger partial charge >= 0.3 is 0 Å². The van der Waals surface area contributed by atoms with E-state index < -0.39 is 0 Å². The average Bonchev–Trinajstić information content (AvgIpc) is 3.06. The Hall–Kier alpha value is -1.06. The van der Waals surface area contributed by atoms with E-state index in [0.717, 1.165) is 31.7 Å². The van der Waals surface area contributed by atoms with Gasteiger partial charge in [0.15, 0.2) is 0 Å². The van der Waals surface area contributed by atoms with E-state index in [-0.39, 0.29) is 5.54 Å². The molecule has 0 atom stereocenters. The molecule has 1 aromatic rings. The molecule has 0 aliphatic heterocycles. The molecule has 3 heteroatoms. The summed E-state index contributed by atoms with van der Waals surface area (Å²) in [6.45, 7) is 6.33. The number of hydrogen-bond acceptors (Lipinski definition) is 3. The maximum absolute atomic E-state index is 6.16. The number of nitrogens with zero attached hydrogens (tertiary/aromatic N) is 1. The maximum Gasteiger partial charge on any atom is 0.122 e. The van der Waals surface area contributed by atoms with Crippen molar-refractivity contribution in [3.05, 3.63) is 29.3 Å². The summed E-state index contributed by atoms with van der Waals surface area (Å²) in [4.78, 5) is 2.32. The summed E-state index contributed by atoms with van der Waals surface area (Å²) in [5.74, 6) is 1.46. The van der Waals surface area contributed by atoms with Gasteiger partial charge in [0.2, 0.25) is 0 Å². The van der Waals surface area contributed by atoms with Gasteiger partial charge in [-0.05, 0) is 43.0 Å². The first-order valence-electron chi connectivity index (χ1n) is 7.08. The summed E-state index contributed by atoms with van der Waals surface area (Å²) in [6, 6.07) is 6.49. The minimum Gasteiger partial charge on any atom is -0.496 e. The number of rotatable bonds is 6. The Morgan fingerprint density at radius 2 is 2.05 bits per heavy atom. The van der Waals surface area contributed by atoms with Crippen LogP contribution in [0.3, 0.4) is 0 Å². The Morgan fingerprint density at radius 1 is 1.37 bits per heavy atom. The van der Waals surface area contributed by atoms with Crippen molar-refractivity contribution in [1.82, 2.24) is 4.90 Å². The maximum atomic E-state index is 6.16. The molecule has 0 unspecified atom stereocenters. The number of hydrogen-bond donors (Lipinski definition) is 1. The standard InChI is InChI=1S/C16H26N2O/c1-12(2)14-9-13(5-6-15(14)19-4)10-18(3)11-16(17)7-8-16/h5-6,9,12H,7-8,10-11,17H2,1-4H3. The van der Waals surface area contributed by atoms with Gasteiger partial charge in [0, 0.05) is 18.6 Å². The first-order valence-corrected chi connectivity index (χ1v) is 7.08. The Labute approximate surface area is 116 Å². The van der Waals surface area contributed by atoms with Crippen LogP contribution in [0, 0.1) is 0 Å². The Morgan fingerprint density at radius 3 is 2.58 bits per heavy atom. The molecule has 1 aliphatic carbocycles. The molecule has 2 rings (SSSR count). The van der Waals surface area contributed by atoms with E-state index in [9.17, 15) is 0 Å². The van der Waals surface area contributed by atoms with Gasteiger partial charge in [0.25, 0.3) is 0 Å². The predicted molar refractivity (Wildman–Crippen MR) is 79.6 cm³/mol. The molecule has 3 nitrogen and oxygen atoms in total. The van der Waals surface area contributed by atoms with Crippen LogP contribution >= 0.6 is 0 Å². The second kappa shape index (κ2) is 5.51. The van der Waals surface area contributed by atoms with Gasteiger partial charge in [-0.2, -0.15) is 0 Å². The third kappa shape index (κ3) is 3.71. The zero-order valence-electron chi connectivity index (χ0n) is 12.6. The third-order valence-electron chi connectivity index (χ3n) is 3.85. The number of methoxy groups -OCH3 is 1. The first-order chi connectivity index (χ1) is 8.93. The van der Waals surface area contributed by atoms with Gasteiger partial charge in [0.05, 0.1) is 7.11 Å². The van der Waals surface area contributed by atoms with Crippen LogP contribution in [0.25, 0.3) is 0 Å². The van der Waals surface area contributed by atoms with E-state index in [4.69, 9.17) is 10.5 Å². The van der Waals surface area contributed by atoms with Crippen molar-refractivity contribution >= 4 is 0 Å². The van der Waals surface area contributed by atoms with E-state index >= 15 is 0 Å². The molecule has 1 saturated carbocycles. The van der Waals surface area contributed by atoms with Gasteiger partial charge in [0.1, 0.15) is 5.75 Å². The highest BCUT2D eigenvalue weighted by atomic mass is 16.5. The van der Waals surface area contributed by atoms with E-state index in [1.807, 2.05) is 0 Å². The molecule has 1 aromatic carbocycles. The van der Waals surface area contributed by atoms with Gasteiger partial charge in [-0.3, -0.25) is 0 Å². The molecular weight excluding hydrogens is 236 g/mol. The van der Waals surface area contributed by atoms with Crippen LogP contribution in [0.2, 0.25) is 0 Å². The predicted octanol–water partition coefficient (Wildman–Crippen LogP) is 2.74. The lowest BCUT2D eigenvalue weighted by Crippen LogP contribution is -2.36. The molecular formula is C16H26N2O. The molecule has 2 N–H and O–H groups in total. The fourth-order valence-electron chi connectivity index (χ4n) is 2.56. The molecule has 0 spiro atoms. The van der Waals surface area contributed by atoms with Gasteiger partial charge in [-0.25, -0.2) is 0 Å². The Balaban J connectivity index is 2.05. The quantitative estimate of drug-likeness (QED) is 0.856. The average molecular weight is 262 g/mol. The van der Waals surface area contributed by atoms with Crippen LogP contribution in [-0.4, -0.2) is 31.1 Å². The fourth-order valence-corrected chi connectivity index (χ4v) is 2.56. The van der Waals surface area contributed by atoms with Crippen molar-refractivity contribution in [3.8, 4) is 5.75 Å². The van der Waals surface area contributed by atoms with Crippen LogP contribution in [0.5, 0.6) is 5.75 Å². The lowest BCUT2D eigenvalue weighted by molar-refractivity contribution is 0.295. The summed E-state index contributed by atoms with van der Waals surface area (Å²) in [5, 5.41) is 0. The largest absolute Gasteiger partial charge is 0.496 e. The van der Waals surface area contributed by atoms with Crippen LogP contribution in [0.1, 0.15) is 43.7 Å². The third-order valence-corrected chi connectivity index (χ3v) is 3.85. The molecule has 0 heterocycles. The monoisotopic (exact) mass is 262 g/mol. The van der Waals surface area contributed by atoms with Crippen molar-refractivity contribution < 1.29 is 4.74 Å². The zero-order chi connectivity index (χ0) is 14.0. The van der Waals surface area contributed by atoms with Crippen molar-refractivity contribution in [3.63, 3.8) is 0 Å². The normalized spacial score (nSPS) is 17.0. The van der Waals surface area contributed by atoms with Crippen LogP contribution < -0.4 is 10.5 Å². The molecule has 1 fully saturated rings. The van der Waals surface area contributed by atoms with E-state index in [0.29, 0.717) is 5.92 Å². The summed E-state index contributed by atoms with van der Waals surface area (Å²) in [5.41, 5.74) is 8.86. The van der Waals surface area contributed by atoms with Crippen molar-refractivity contribution in [1.29, 1.82) is 0 Å². The van der Waals surface area contributed by atoms with Crippen molar-refractivity contribution in [2.24, 2.45) is 5.73 Å². The molecule has 0 aromatic heterocycles. The molecule has 19 heavy (non-hydrogen) atoms. The smallest absolute Gasteiger partial charge is 0.122 e. The summed E-state index contributed by atoms with van der Waals surface area (Å²) in [7, 11) is 3.88.